The molecule has 2 rings (SSSR count). The standard InChI is InChI=1S/C21H36N4O3.HI/c1-15-9-10-18(27-15)16(2)24-19(22-6)23-12-11-17-8-7-13-25(14-17)20(26)28-21(3,4)5;/h9-10,16-17H,7-8,11-14H2,1-6H3,(H2,22,23,24);1H. The number of carbonyl (C=O) groups is 1. The fourth-order valence-corrected chi connectivity index (χ4v) is 3.34. The van der Waals surface area contributed by atoms with E-state index in [2.05, 4.69) is 15.6 Å². The molecule has 1 saturated heterocycles. The largest absolute Gasteiger partial charge is 0.464 e. The third kappa shape index (κ3) is 8.84. The van der Waals surface area contributed by atoms with E-state index in [9.17, 15) is 4.79 Å². The van der Waals surface area contributed by atoms with Crippen LogP contribution < -0.4 is 10.6 Å². The van der Waals surface area contributed by atoms with Crippen molar-refractivity contribution in [2.75, 3.05) is 26.7 Å². The van der Waals surface area contributed by atoms with Crippen molar-refractivity contribution in [1.82, 2.24) is 15.5 Å². The zero-order chi connectivity index (χ0) is 20.7. The molecule has 1 aromatic rings. The van der Waals surface area contributed by atoms with Crippen LogP contribution in [0, 0.1) is 12.8 Å². The van der Waals surface area contributed by atoms with E-state index in [1.807, 2.05) is 51.7 Å². The molecule has 1 aromatic heterocycles. The average molecular weight is 520 g/mol. The fraction of sp³-hybridized carbons (Fsp3) is 0.714. The van der Waals surface area contributed by atoms with Crippen molar-refractivity contribution in [3.05, 3.63) is 23.7 Å². The molecule has 0 spiro atoms. The van der Waals surface area contributed by atoms with Crippen LogP contribution in [-0.4, -0.2) is 49.2 Å². The molecule has 1 amide bonds. The molecule has 166 valence electrons. The number of halogens is 1. The average Bonchev–Trinajstić information content (AvgIpc) is 3.06. The van der Waals surface area contributed by atoms with E-state index in [0.29, 0.717) is 5.92 Å². The van der Waals surface area contributed by atoms with Crippen molar-refractivity contribution in [3.63, 3.8) is 0 Å². The van der Waals surface area contributed by atoms with Gasteiger partial charge in [0.1, 0.15) is 17.1 Å². The Morgan fingerprint density at radius 1 is 1.41 bits per heavy atom. The Balaban J connectivity index is 0.00000420. The fourth-order valence-electron chi connectivity index (χ4n) is 3.34. The van der Waals surface area contributed by atoms with Crippen LogP contribution in [-0.2, 0) is 4.74 Å². The molecule has 7 nitrogen and oxygen atoms in total. The van der Waals surface area contributed by atoms with Crippen LogP contribution in [0.4, 0.5) is 4.79 Å². The number of aryl methyl sites for hydroxylation is 1. The molecule has 0 saturated carbocycles. The summed E-state index contributed by atoms with van der Waals surface area (Å²) in [5, 5.41) is 6.72. The first-order chi connectivity index (χ1) is 13.2. The van der Waals surface area contributed by atoms with Crippen LogP contribution in [0.15, 0.2) is 21.5 Å². The number of hydrogen-bond donors (Lipinski definition) is 2. The van der Waals surface area contributed by atoms with Gasteiger partial charge in [-0.3, -0.25) is 4.99 Å². The lowest BCUT2D eigenvalue weighted by atomic mass is 9.95. The molecule has 8 heteroatoms. The van der Waals surface area contributed by atoms with Crippen LogP contribution in [0.3, 0.4) is 0 Å². The lowest BCUT2D eigenvalue weighted by Crippen LogP contribution is -2.44. The summed E-state index contributed by atoms with van der Waals surface area (Å²) in [6.07, 6.45) is 2.93. The van der Waals surface area contributed by atoms with Crippen LogP contribution >= 0.6 is 24.0 Å². The number of furan rings is 1. The highest BCUT2D eigenvalue weighted by Gasteiger charge is 2.27. The maximum absolute atomic E-state index is 12.3. The molecule has 1 aliphatic rings. The van der Waals surface area contributed by atoms with E-state index >= 15 is 0 Å². The summed E-state index contributed by atoms with van der Waals surface area (Å²) in [5.74, 6) is 3.01. The number of guanidine groups is 1. The van der Waals surface area contributed by atoms with Crippen molar-refractivity contribution in [3.8, 4) is 0 Å². The number of likely N-dealkylation sites (tertiary alicyclic amines) is 1. The Hall–Kier alpha value is -1.45. The van der Waals surface area contributed by atoms with Gasteiger partial charge in [-0.1, -0.05) is 0 Å². The van der Waals surface area contributed by atoms with Crippen molar-refractivity contribution in [2.45, 2.75) is 65.5 Å². The summed E-state index contributed by atoms with van der Waals surface area (Å²) in [5.41, 5.74) is -0.451. The third-order valence-electron chi connectivity index (χ3n) is 4.78. The summed E-state index contributed by atoms with van der Waals surface area (Å²) in [6, 6.07) is 3.98. The topological polar surface area (TPSA) is 79.1 Å². The number of amides is 1. The number of ether oxygens (including phenoxy) is 1. The van der Waals surface area contributed by atoms with Gasteiger partial charge < -0.3 is 24.7 Å². The first-order valence-electron chi connectivity index (χ1n) is 10.2. The molecule has 0 aliphatic carbocycles. The molecule has 1 fully saturated rings. The summed E-state index contributed by atoms with van der Waals surface area (Å²) in [4.78, 5) is 18.4. The number of nitrogens with one attached hydrogen (secondary N) is 2. The first kappa shape index (κ1) is 25.6. The zero-order valence-corrected chi connectivity index (χ0v) is 20.9. The zero-order valence-electron chi connectivity index (χ0n) is 18.6. The number of nitrogens with zero attached hydrogens (tertiary/aromatic N) is 2. The SMILES string of the molecule is CN=C(NCCC1CCCN(C(=O)OC(C)(C)C)C1)NC(C)c1ccc(C)o1.I. The molecule has 2 unspecified atom stereocenters. The monoisotopic (exact) mass is 520 g/mol. The van der Waals surface area contributed by atoms with Crippen LogP contribution in [0.5, 0.6) is 0 Å². The molecule has 2 N–H and O–H groups in total. The Kier molecular flexibility index (Phi) is 10.3. The number of aliphatic imine (C=N–C) groups is 1. The third-order valence-corrected chi connectivity index (χ3v) is 4.78. The Morgan fingerprint density at radius 3 is 2.72 bits per heavy atom. The second-order valence-electron chi connectivity index (χ2n) is 8.54. The highest BCUT2D eigenvalue weighted by Crippen LogP contribution is 2.21. The van der Waals surface area contributed by atoms with Gasteiger partial charge in [-0.05, 0) is 71.9 Å². The van der Waals surface area contributed by atoms with Gasteiger partial charge >= 0.3 is 6.09 Å². The highest BCUT2D eigenvalue weighted by atomic mass is 127. The lowest BCUT2D eigenvalue weighted by Gasteiger charge is -2.34. The van der Waals surface area contributed by atoms with Crippen molar-refractivity contribution in [2.24, 2.45) is 10.9 Å². The van der Waals surface area contributed by atoms with Gasteiger partial charge in [0.25, 0.3) is 0 Å². The number of carbonyl (C=O) groups excluding carboxylic acids is 1. The minimum Gasteiger partial charge on any atom is -0.464 e. The minimum absolute atomic E-state index is 0. The summed E-state index contributed by atoms with van der Waals surface area (Å²) >= 11 is 0. The number of hydrogen-bond acceptors (Lipinski definition) is 4. The molecule has 0 aromatic carbocycles. The lowest BCUT2D eigenvalue weighted by molar-refractivity contribution is 0.0162. The van der Waals surface area contributed by atoms with Crippen molar-refractivity contribution in [1.29, 1.82) is 0 Å². The van der Waals surface area contributed by atoms with Crippen molar-refractivity contribution >= 4 is 36.0 Å². The van der Waals surface area contributed by atoms with E-state index in [-0.39, 0.29) is 36.1 Å². The molecule has 0 radical (unpaired) electrons. The van der Waals surface area contributed by atoms with E-state index < -0.39 is 5.60 Å². The smallest absolute Gasteiger partial charge is 0.410 e. The van der Waals surface area contributed by atoms with Crippen molar-refractivity contribution < 1.29 is 13.9 Å². The van der Waals surface area contributed by atoms with E-state index in [4.69, 9.17) is 9.15 Å². The molecule has 1 aliphatic heterocycles. The van der Waals surface area contributed by atoms with Crippen LogP contribution in [0.1, 0.15) is 64.5 Å². The van der Waals surface area contributed by atoms with Crippen LogP contribution in [0.2, 0.25) is 0 Å². The van der Waals surface area contributed by atoms with E-state index in [1.54, 1.807) is 7.05 Å². The van der Waals surface area contributed by atoms with Gasteiger partial charge in [0.05, 0.1) is 6.04 Å². The highest BCUT2D eigenvalue weighted by molar-refractivity contribution is 14.0. The van der Waals surface area contributed by atoms with E-state index in [1.165, 1.54) is 0 Å². The Morgan fingerprint density at radius 2 is 2.14 bits per heavy atom. The Labute approximate surface area is 192 Å². The molecule has 2 heterocycles. The summed E-state index contributed by atoms with van der Waals surface area (Å²) < 4.78 is 11.2. The molecular formula is C21H37IN4O3. The molecule has 0 bridgehead atoms. The second kappa shape index (κ2) is 11.7. The van der Waals surface area contributed by atoms with Gasteiger partial charge in [-0.25, -0.2) is 4.79 Å². The first-order valence-corrected chi connectivity index (χ1v) is 10.2. The predicted molar refractivity (Wildman–Crippen MR) is 127 cm³/mol. The van der Waals surface area contributed by atoms with Gasteiger partial charge in [0.2, 0.25) is 0 Å². The van der Waals surface area contributed by atoms with Gasteiger partial charge in [-0.15, -0.1) is 24.0 Å². The van der Waals surface area contributed by atoms with Crippen LogP contribution in [0.25, 0.3) is 0 Å². The minimum atomic E-state index is -0.451. The van der Waals surface area contributed by atoms with Gasteiger partial charge in [0, 0.05) is 26.7 Å². The molecular weight excluding hydrogens is 483 g/mol. The van der Waals surface area contributed by atoms with Gasteiger partial charge in [-0.2, -0.15) is 0 Å². The quantitative estimate of drug-likeness (QED) is 0.340. The number of rotatable bonds is 5. The second-order valence-corrected chi connectivity index (χ2v) is 8.54. The normalized spacial score (nSPS) is 18.6. The number of piperidine rings is 1. The molecule has 2 atom stereocenters. The summed E-state index contributed by atoms with van der Waals surface area (Å²) in [7, 11) is 1.76. The van der Waals surface area contributed by atoms with Gasteiger partial charge in [0.15, 0.2) is 5.96 Å². The maximum atomic E-state index is 12.3. The predicted octanol–water partition coefficient (Wildman–Crippen LogP) is 4.47. The summed E-state index contributed by atoms with van der Waals surface area (Å²) in [6.45, 7) is 12.0. The maximum Gasteiger partial charge on any atom is 0.410 e. The van der Waals surface area contributed by atoms with E-state index in [0.717, 1.165) is 56.4 Å². The Bertz CT molecular complexity index is 669. The molecule has 29 heavy (non-hydrogen) atoms.